The van der Waals surface area contributed by atoms with E-state index < -0.39 is 13.0 Å². The standard InChI is InChI=1S/C12H21F2N3O2S/c1-9(12(15)20)16-3-5-17(6-4-16)11(18)2-7-19-8-10(13)14/h9-10H,2-8H2,1H3,(H2,15,20). The molecule has 0 bridgehead atoms. The largest absolute Gasteiger partial charge is 0.392 e. The summed E-state index contributed by atoms with van der Waals surface area (Å²) in [5.74, 6) is -0.0677. The molecule has 1 atom stereocenters. The number of ether oxygens (including phenoxy) is 1. The highest BCUT2D eigenvalue weighted by Crippen LogP contribution is 2.08. The van der Waals surface area contributed by atoms with E-state index in [2.05, 4.69) is 4.90 Å². The van der Waals surface area contributed by atoms with Crippen LogP contribution >= 0.6 is 12.2 Å². The molecule has 0 spiro atoms. The molecule has 0 saturated carbocycles. The molecule has 20 heavy (non-hydrogen) atoms. The molecule has 5 nitrogen and oxygen atoms in total. The highest BCUT2D eigenvalue weighted by atomic mass is 32.1. The van der Waals surface area contributed by atoms with E-state index in [0.29, 0.717) is 31.2 Å². The van der Waals surface area contributed by atoms with Gasteiger partial charge in [0.05, 0.1) is 24.1 Å². The molecule has 1 aliphatic heterocycles. The number of hydrogen-bond donors (Lipinski definition) is 1. The van der Waals surface area contributed by atoms with E-state index in [1.807, 2.05) is 6.92 Å². The van der Waals surface area contributed by atoms with E-state index in [1.165, 1.54) is 0 Å². The molecule has 1 heterocycles. The minimum absolute atomic E-state index is 0.0247. The number of rotatable bonds is 7. The highest BCUT2D eigenvalue weighted by Gasteiger charge is 2.24. The lowest BCUT2D eigenvalue weighted by atomic mass is 10.2. The first-order valence-electron chi connectivity index (χ1n) is 6.59. The SMILES string of the molecule is CC(C(N)=S)N1CCN(C(=O)CCOCC(F)F)CC1. The Kier molecular flexibility index (Phi) is 7.25. The maximum Gasteiger partial charge on any atom is 0.261 e. The molecule has 1 rings (SSSR count). The van der Waals surface area contributed by atoms with Crippen LogP contribution in [0.1, 0.15) is 13.3 Å². The van der Waals surface area contributed by atoms with Crippen molar-refractivity contribution in [3.63, 3.8) is 0 Å². The first-order valence-corrected chi connectivity index (χ1v) is 6.99. The molecule has 1 aliphatic rings. The van der Waals surface area contributed by atoms with E-state index in [9.17, 15) is 13.6 Å². The summed E-state index contributed by atoms with van der Waals surface area (Å²) in [7, 11) is 0. The van der Waals surface area contributed by atoms with Crippen molar-refractivity contribution in [2.45, 2.75) is 25.8 Å². The molecular formula is C12H21F2N3O2S. The molecule has 1 fully saturated rings. The molecule has 0 aromatic carbocycles. The maximum atomic E-state index is 11.9. The van der Waals surface area contributed by atoms with Gasteiger partial charge in [0.15, 0.2) is 0 Å². The summed E-state index contributed by atoms with van der Waals surface area (Å²) >= 11 is 4.95. The number of halogens is 2. The minimum Gasteiger partial charge on any atom is -0.392 e. The molecule has 0 aromatic heterocycles. The number of carbonyl (C=O) groups is 1. The van der Waals surface area contributed by atoms with E-state index in [1.54, 1.807) is 4.90 Å². The second-order valence-corrected chi connectivity index (χ2v) is 5.18. The van der Waals surface area contributed by atoms with Crippen molar-refractivity contribution in [2.75, 3.05) is 39.4 Å². The number of thiocarbonyl (C=S) groups is 1. The van der Waals surface area contributed by atoms with Crippen molar-refractivity contribution >= 4 is 23.1 Å². The van der Waals surface area contributed by atoms with E-state index in [4.69, 9.17) is 22.7 Å². The van der Waals surface area contributed by atoms with Crippen LogP contribution in [0.4, 0.5) is 8.78 Å². The second kappa shape index (κ2) is 8.43. The van der Waals surface area contributed by atoms with Gasteiger partial charge < -0.3 is 15.4 Å². The van der Waals surface area contributed by atoms with Gasteiger partial charge in [0.1, 0.15) is 6.61 Å². The molecule has 0 aliphatic carbocycles. The fourth-order valence-corrected chi connectivity index (χ4v) is 2.18. The van der Waals surface area contributed by atoms with Crippen LogP contribution in [-0.4, -0.2) is 72.6 Å². The van der Waals surface area contributed by atoms with Gasteiger partial charge in [0.25, 0.3) is 6.43 Å². The normalized spacial score (nSPS) is 18.3. The lowest BCUT2D eigenvalue weighted by molar-refractivity contribution is -0.134. The van der Waals surface area contributed by atoms with Gasteiger partial charge >= 0.3 is 0 Å². The van der Waals surface area contributed by atoms with Crippen molar-refractivity contribution in [3.05, 3.63) is 0 Å². The van der Waals surface area contributed by atoms with Crippen LogP contribution in [0.3, 0.4) is 0 Å². The van der Waals surface area contributed by atoms with Gasteiger partial charge in [-0.25, -0.2) is 8.78 Å². The van der Waals surface area contributed by atoms with Crippen LogP contribution in [0.2, 0.25) is 0 Å². The molecule has 1 unspecified atom stereocenters. The summed E-state index contributed by atoms with van der Waals surface area (Å²) in [4.78, 5) is 16.1. The van der Waals surface area contributed by atoms with Crippen molar-refractivity contribution in [3.8, 4) is 0 Å². The Morgan fingerprint density at radius 3 is 2.45 bits per heavy atom. The fraction of sp³-hybridized carbons (Fsp3) is 0.833. The van der Waals surface area contributed by atoms with Crippen LogP contribution in [0.25, 0.3) is 0 Å². The molecule has 116 valence electrons. The second-order valence-electron chi connectivity index (χ2n) is 4.71. The van der Waals surface area contributed by atoms with Crippen LogP contribution in [-0.2, 0) is 9.53 Å². The van der Waals surface area contributed by atoms with Crippen molar-refractivity contribution in [2.24, 2.45) is 5.73 Å². The van der Waals surface area contributed by atoms with Crippen LogP contribution < -0.4 is 5.73 Å². The Labute approximate surface area is 123 Å². The van der Waals surface area contributed by atoms with Gasteiger partial charge in [-0.05, 0) is 6.92 Å². The third-order valence-electron chi connectivity index (χ3n) is 3.33. The Bertz CT molecular complexity index is 337. The van der Waals surface area contributed by atoms with E-state index in [0.717, 1.165) is 0 Å². The molecule has 0 radical (unpaired) electrons. The van der Waals surface area contributed by atoms with Gasteiger partial charge in [0.2, 0.25) is 5.91 Å². The van der Waals surface area contributed by atoms with E-state index in [-0.39, 0.29) is 25.0 Å². The first-order chi connectivity index (χ1) is 9.41. The maximum absolute atomic E-state index is 11.9. The van der Waals surface area contributed by atoms with Gasteiger partial charge in [-0.3, -0.25) is 9.69 Å². The van der Waals surface area contributed by atoms with Crippen molar-refractivity contribution in [1.82, 2.24) is 9.80 Å². The zero-order chi connectivity index (χ0) is 15.1. The molecule has 1 saturated heterocycles. The van der Waals surface area contributed by atoms with Crippen molar-refractivity contribution < 1.29 is 18.3 Å². The fourth-order valence-electron chi connectivity index (χ4n) is 2.03. The monoisotopic (exact) mass is 309 g/mol. The average Bonchev–Trinajstić information content (AvgIpc) is 2.42. The Hall–Kier alpha value is -0.860. The third-order valence-corrected chi connectivity index (χ3v) is 3.67. The van der Waals surface area contributed by atoms with Gasteiger partial charge in [-0.15, -0.1) is 0 Å². The van der Waals surface area contributed by atoms with Gasteiger partial charge in [-0.2, -0.15) is 0 Å². The topological polar surface area (TPSA) is 58.8 Å². The summed E-state index contributed by atoms with van der Waals surface area (Å²) in [6.07, 6.45) is -2.35. The number of hydrogen-bond acceptors (Lipinski definition) is 4. The van der Waals surface area contributed by atoms with Gasteiger partial charge in [0, 0.05) is 26.2 Å². The molecule has 2 N–H and O–H groups in total. The Morgan fingerprint density at radius 2 is 1.95 bits per heavy atom. The molecular weight excluding hydrogens is 288 g/mol. The number of alkyl halides is 2. The number of nitrogens with two attached hydrogens (primary N) is 1. The lowest BCUT2D eigenvalue weighted by Gasteiger charge is -2.37. The van der Waals surface area contributed by atoms with Crippen LogP contribution in [0.15, 0.2) is 0 Å². The summed E-state index contributed by atoms with van der Waals surface area (Å²) in [5, 5.41) is 0. The smallest absolute Gasteiger partial charge is 0.261 e. The van der Waals surface area contributed by atoms with Gasteiger partial charge in [-0.1, -0.05) is 12.2 Å². The van der Waals surface area contributed by atoms with Crippen LogP contribution in [0, 0.1) is 0 Å². The number of carbonyl (C=O) groups excluding carboxylic acids is 1. The average molecular weight is 309 g/mol. The highest BCUT2D eigenvalue weighted by molar-refractivity contribution is 7.80. The summed E-state index contributed by atoms with van der Waals surface area (Å²) < 4.78 is 28.4. The minimum atomic E-state index is -2.49. The molecule has 1 amide bonds. The zero-order valence-electron chi connectivity index (χ0n) is 11.6. The Balaban J connectivity index is 2.23. The Morgan fingerprint density at radius 1 is 1.35 bits per heavy atom. The predicted octanol–water partition coefficient (Wildman–Crippen LogP) is 0.477. The molecule has 0 aromatic rings. The summed E-state index contributed by atoms with van der Waals surface area (Å²) in [6.45, 7) is 3.97. The number of amides is 1. The number of nitrogens with zero attached hydrogens (tertiary/aromatic N) is 2. The van der Waals surface area contributed by atoms with E-state index >= 15 is 0 Å². The third kappa shape index (κ3) is 5.64. The van der Waals surface area contributed by atoms with Crippen molar-refractivity contribution in [1.29, 1.82) is 0 Å². The zero-order valence-corrected chi connectivity index (χ0v) is 12.4. The predicted molar refractivity (Wildman–Crippen MR) is 75.8 cm³/mol. The van der Waals surface area contributed by atoms with Crippen LogP contribution in [0.5, 0.6) is 0 Å². The lowest BCUT2D eigenvalue weighted by Crippen LogP contribution is -2.54. The summed E-state index contributed by atoms with van der Waals surface area (Å²) in [6, 6.07) is 0.0247. The number of piperazine rings is 1. The quantitative estimate of drug-likeness (QED) is 0.547. The molecule has 8 heteroatoms. The summed E-state index contributed by atoms with van der Waals surface area (Å²) in [5.41, 5.74) is 5.60. The first kappa shape index (κ1) is 17.2.